The van der Waals surface area contributed by atoms with Crippen molar-refractivity contribution in [2.75, 3.05) is 13.2 Å². The van der Waals surface area contributed by atoms with Crippen molar-refractivity contribution in [1.82, 2.24) is 5.32 Å². The lowest BCUT2D eigenvalue weighted by Crippen LogP contribution is -2.26. The molecule has 0 aliphatic rings. The summed E-state index contributed by atoms with van der Waals surface area (Å²) in [6.45, 7) is 2.85. The quantitative estimate of drug-likeness (QED) is 0.693. The highest BCUT2D eigenvalue weighted by Crippen LogP contribution is 2.08. The number of aliphatic hydroxyl groups is 1. The third-order valence-electron chi connectivity index (χ3n) is 2.86. The molecule has 1 aromatic carbocycles. The van der Waals surface area contributed by atoms with Crippen molar-refractivity contribution in [3.8, 4) is 0 Å². The maximum absolute atomic E-state index is 11.6. The van der Waals surface area contributed by atoms with Crippen molar-refractivity contribution in [2.45, 2.75) is 39.0 Å². The zero-order valence-electron chi connectivity index (χ0n) is 11.1. The molecule has 0 heterocycles. The smallest absolute Gasteiger partial charge is 0.224 e. The minimum absolute atomic E-state index is 0.0183. The van der Waals surface area contributed by atoms with E-state index in [1.54, 1.807) is 0 Å². The fourth-order valence-electron chi connectivity index (χ4n) is 1.76. The van der Waals surface area contributed by atoms with Crippen LogP contribution in [-0.4, -0.2) is 24.2 Å². The summed E-state index contributed by atoms with van der Waals surface area (Å²) in [5.41, 5.74) is 2.37. The molecule has 0 bridgehead atoms. The Morgan fingerprint density at radius 2 is 1.83 bits per heavy atom. The minimum atomic E-state index is 0.0183. The normalized spacial score (nSPS) is 10.3. The van der Waals surface area contributed by atoms with Crippen molar-refractivity contribution < 1.29 is 9.90 Å². The SMILES string of the molecule is CCCCc1ccc(CC(=O)NCCCO)cc1. The van der Waals surface area contributed by atoms with Crippen molar-refractivity contribution in [2.24, 2.45) is 0 Å². The molecule has 100 valence electrons. The largest absolute Gasteiger partial charge is 0.396 e. The standard InChI is InChI=1S/C15H23NO2/c1-2-3-5-13-6-8-14(9-7-13)12-15(18)16-10-4-11-17/h6-9,17H,2-5,10-12H2,1H3,(H,16,18). The molecule has 0 aliphatic heterocycles. The molecule has 0 aliphatic carbocycles. The lowest BCUT2D eigenvalue weighted by atomic mass is 10.0. The van der Waals surface area contributed by atoms with Gasteiger partial charge in [0.05, 0.1) is 6.42 Å². The summed E-state index contributed by atoms with van der Waals surface area (Å²) in [6, 6.07) is 8.26. The van der Waals surface area contributed by atoms with Crippen LogP contribution in [0.3, 0.4) is 0 Å². The van der Waals surface area contributed by atoms with Gasteiger partial charge in [-0.1, -0.05) is 37.6 Å². The Hall–Kier alpha value is -1.35. The molecule has 0 radical (unpaired) electrons. The van der Waals surface area contributed by atoms with E-state index in [0.29, 0.717) is 19.4 Å². The lowest BCUT2D eigenvalue weighted by Gasteiger charge is -2.05. The van der Waals surface area contributed by atoms with Crippen LogP contribution in [0.15, 0.2) is 24.3 Å². The Morgan fingerprint density at radius 1 is 1.17 bits per heavy atom. The Labute approximate surface area is 109 Å². The molecule has 1 amide bonds. The molecule has 2 N–H and O–H groups in total. The first-order chi connectivity index (χ1) is 8.76. The molecule has 18 heavy (non-hydrogen) atoms. The summed E-state index contributed by atoms with van der Waals surface area (Å²) in [4.78, 5) is 11.6. The van der Waals surface area contributed by atoms with Crippen molar-refractivity contribution in [3.05, 3.63) is 35.4 Å². The van der Waals surface area contributed by atoms with Crippen LogP contribution in [0.5, 0.6) is 0 Å². The number of benzene rings is 1. The van der Waals surface area contributed by atoms with E-state index in [1.807, 2.05) is 12.1 Å². The highest BCUT2D eigenvalue weighted by Gasteiger charge is 2.02. The van der Waals surface area contributed by atoms with E-state index in [0.717, 1.165) is 12.0 Å². The van der Waals surface area contributed by atoms with Gasteiger partial charge in [-0.25, -0.2) is 0 Å². The van der Waals surface area contributed by atoms with Crippen LogP contribution < -0.4 is 5.32 Å². The summed E-state index contributed by atoms with van der Waals surface area (Å²) in [7, 11) is 0. The molecule has 0 saturated carbocycles. The van der Waals surface area contributed by atoms with E-state index >= 15 is 0 Å². The van der Waals surface area contributed by atoms with Crippen molar-refractivity contribution >= 4 is 5.91 Å². The van der Waals surface area contributed by atoms with E-state index in [9.17, 15) is 4.79 Å². The Morgan fingerprint density at radius 3 is 2.44 bits per heavy atom. The van der Waals surface area contributed by atoms with Crippen molar-refractivity contribution in [3.63, 3.8) is 0 Å². The van der Waals surface area contributed by atoms with Crippen LogP contribution in [0.4, 0.5) is 0 Å². The van der Waals surface area contributed by atoms with Gasteiger partial charge in [0.15, 0.2) is 0 Å². The van der Waals surface area contributed by atoms with Crippen LogP contribution >= 0.6 is 0 Å². The van der Waals surface area contributed by atoms with Gasteiger partial charge in [-0.2, -0.15) is 0 Å². The van der Waals surface area contributed by atoms with E-state index in [1.165, 1.54) is 18.4 Å². The molecular formula is C15H23NO2. The van der Waals surface area contributed by atoms with Gasteiger partial charge in [0.1, 0.15) is 0 Å². The maximum Gasteiger partial charge on any atom is 0.224 e. The number of hydrogen-bond donors (Lipinski definition) is 2. The maximum atomic E-state index is 11.6. The summed E-state index contributed by atoms with van der Waals surface area (Å²) >= 11 is 0. The number of aliphatic hydroxyl groups excluding tert-OH is 1. The number of carbonyl (C=O) groups is 1. The van der Waals surface area contributed by atoms with Crippen LogP contribution in [0.25, 0.3) is 0 Å². The Kier molecular flexibility index (Phi) is 7.11. The van der Waals surface area contributed by atoms with Crippen LogP contribution in [0, 0.1) is 0 Å². The first-order valence-electron chi connectivity index (χ1n) is 6.71. The van der Waals surface area contributed by atoms with Gasteiger partial charge in [0, 0.05) is 13.2 Å². The molecule has 0 unspecified atom stereocenters. The zero-order chi connectivity index (χ0) is 13.2. The molecule has 1 aromatic rings. The summed E-state index contributed by atoms with van der Waals surface area (Å²) in [5.74, 6) is 0.0183. The van der Waals surface area contributed by atoms with Gasteiger partial charge in [0.25, 0.3) is 0 Å². The number of rotatable bonds is 8. The second-order valence-corrected chi connectivity index (χ2v) is 4.52. The van der Waals surface area contributed by atoms with Crippen molar-refractivity contribution in [1.29, 1.82) is 0 Å². The monoisotopic (exact) mass is 249 g/mol. The average Bonchev–Trinajstić information content (AvgIpc) is 2.38. The molecule has 0 atom stereocenters. The fourth-order valence-corrected chi connectivity index (χ4v) is 1.76. The number of nitrogens with one attached hydrogen (secondary N) is 1. The lowest BCUT2D eigenvalue weighted by molar-refractivity contribution is -0.120. The van der Waals surface area contributed by atoms with Crippen LogP contribution in [0.1, 0.15) is 37.3 Å². The molecule has 0 aromatic heterocycles. The molecule has 1 rings (SSSR count). The van der Waals surface area contributed by atoms with E-state index < -0.39 is 0 Å². The first kappa shape index (κ1) is 14.7. The molecule has 0 fully saturated rings. The third kappa shape index (κ3) is 5.82. The van der Waals surface area contributed by atoms with E-state index in [4.69, 9.17) is 5.11 Å². The van der Waals surface area contributed by atoms with Gasteiger partial charge < -0.3 is 10.4 Å². The Balaban J connectivity index is 2.35. The fraction of sp³-hybridized carbons (Fsp3) is 0.533. The third-order valence-corrected chi connectivity index (χ3v) is 2.86. The van der Waals surface area contributed by atoms with Gasteiger partial charge in [-0.3, -0.25) is 4.79 Å². The highest BCUT2D eigenvalue weighted by atomic mass is 16.3. The molecule has 0 spiro atoms. The molecule has 3 heteroatoms. The summed E-state index contributed by atoms with van der Waals surface area (Å²) in [6.07, 6.45) is 4.55. The van der Waals surface area contributed by atoms with E-state index in [2.05, 4.69) is 24.4 Å². The predicted molar refractivity (Wildman–Crippen MR) is 73.5 cm³/mol. The van der Waals surface area contributed by atoms with Crippen LogP contribution in [0.2, 0.25) is 0 Å². The zero-order valence-corrected chi connectivity index (χ0v) is 11.1. The predicted octanol–water partition coefficient (Wildman–Crippen LogP) is 2.07. The number of amides is 1. The summed E-state index contributed by atoms with van der Waals surface area (Å²) < 4.78 is 0. The second kappa shape index (κ2) is 8.70. The van der Waals surface area contributed by atoms with Gasteiger partial charge >= 0.3 is 0 Å². The number of hydrogen-bond acceptors (Lipinski definition) is 2. The van der Waals surface area contributed by atoms with Gasteiger partial charge in [-0.15, -0.1) is 0 Å². The molecule has 3 nitrogen and oxygen atoms in total. The topological polar surface area (TPSA) is 49.3 Å². The number of aryl methyl sites for hydroxylation is 1. The second-order valence-electron chi connectivity index (χ2n) is 4.52. The minimum Gasteiger partial charge on any atom is -0.396 e. The highest BCUT2D eigenvalue weighted by molar-refractivity contribution is 5.78. The summed E-state index contributed by atoms with van der Waals surface area (Å²) in [5, 5.41) is 11.4. The molecular weight excluding hydrogens is 226 g/mol. The van der Waals surface area contributed by atoms with Gasteiger partial charge in [-0.05, 0) is 30.4 Å². The van der Waals surface area contributed by atoms with E-state index in [-0.39, 0.29) is 12.5 Å². The van der Waals surface area contributed by atoms with Gasteiger partial charge in [0.2, 0.25) is 5.91 Å². The molecule has 0 saturated heterocycles. The number of unbranched alkanes of at least 4 members (excludes halogenated alkanes) is 1. The van der Waals surface area contributed by atoms with Crippen LogP contribution in [-0.2, 0) is 17.6 Å². The Bertz CT molecular complexity index is 346. The average molecular weight is 249 g/mol. The first-order valence-corrected chi connectivity index (χ1v) is 6.71. The number of carbonyl (C=O) groups excluding carboxylic acids is 1.